The lowest BCUT2D eigenvalue weighted by Gasteiger charge is -2.18. The molecule has 0 radical (unpaired) electrons. The van der Waals surface area contributed by atoms with Crippen molar-refractivity contribution < 1.29 is 14.3 Å². The summed E-state index contributed by atoms with van der Waals surface area (Å²) in [6.07, 6.45) is 1.53. The summed E-state index contributed by atoms with van der Waals surface area (Å²) in [6.45, 7) is 0.471. The van der Waals surface area contributed by atoms with Gasteiger partial charge in [-0.25, -0.2) is 0 Å². The number of benzene rings is 1. The molecule has 1 aromatic carbocycles. The minimum atomic E-state index is -0.0175. The lowest BCUT2D eigenvalue weighted by molar-refractivity contribution is -0.127. The van der Waals surface area contributed by atoms with Crippen LogP contribution in [0.4, 0.5) is 0 Å². The second-order valence-electron chi connectivity index (χ2n) is 5.23. The van der Waals surface area contributed by atoms with E-state index in [9.17, 15) is 4.79 Å². The van der Waals surface area contributed by atoms with E-state index in [1.165, 1.54) is 18.1 Å². The number of rotatable bonds is 7. The molecule has 0 aliphatic heterocycles. The molecule has 0 saturated carbocycles. The van der Waals surface area contributed by atoms with Crippen LogP contribution in [0.3, 0.4) is 0 Å². The van der Waals surface area contributed by atoms with Gasteiger partial charge in [-0.1, -0.05) is 17.8 Å². The van der Waals surface area contributed by atoms with E-state index in [0.717, 1.165) is 5.56 Å². The first kappa shape index (κ1) is 17.1. The van der Waals surface area contributed by atoms with Crippen molar-refractivity contribution in [2.24, 2.45) is 0 Å². The fraction of sp³-hybridized carbons (Fsp3) is 0.333. The maximum atomic E-state index is 12.4. The molecule has 0 fully saturated rings. The molecule has 9 nitrogen and oxygen atoms in total. The summed E-state index contributed by atoms with van der Waals surface area (Å²) in [4.78, 5) is 18.0. The summed E-state index contributed by atoms with van der Waals surface area (Å²) >= 11 is 1.30. The van der Waals surface area contributed by atoms with Crippen molar-refractivity contribution in [3.63, 3.8) is 0 Å². The zero-order valence-corrected chi connectivity index (χ0v) is 14.9. The number of aromatic nitrogens is 5. The number of methoxy groups -OCH3 is 2. The summed E-state index contributed by atoms with van der Waals surface area (Å²) < 4.78 is 12.1. The largest absolute Gasteiger partial charge is 0.493 e. The average molecular weight is 362 g/mol. The van der Waals surface area contributed by atoms with Gasteiger partial charge >= 0.3 is 0 Å². The van der Waals surface area contributed by atoms with E-state index < -0.39 is 0 Å². The summed E-state index contributed by atoms with van der Waals surface area (Å²) in [5, 5.41) is 11.4. The fourth-order valence-corrected chi connectivity index (χ4v) is 3.11. The van der Waals surface area contributed by atoms with E-state index in [2.05, 4.69) is 20.3 Å². The third kappa shape index (κ3) is 3.68. The normalized spacial score (nSPS) is 10.8. The maximum Gasteiger partial charge on any atom is 0.272 e. The number of fused-ring (bicyclic) bond motifs is 1. The Morgan fingerprint density at radius 1 is 1.28 bits per heavy atom. The maximum absolute atomic E-state index is 12.4. The molecule has 1 N–H and O–H groups in total. The summed E-state index contributed by atoms with van der Waals surface area (Å²) in [6, 6.07) is 5.60. The number of H-pyrrole nitrogens is 1. The smallest absolute Gasteiger partial charge is 0.272 e. The van der Waals surface area contributed by atoms with Gasteiger partial charge in [0.1, 0.15) is 6.33 Å². The van der Waals surface area contributed by atoms with Crippen molar-refractivity contribution in [3.05, 3.63) is 30.1 Å². The molecule has 3 aromatic rings. The Balaban J connectivity index is 1.60. The Morgan fingerprint density at radius 3 is 2.84 bits per heavy atom. The number of hydrogen-bond donors (Lipinski definition) is 1. The first-order chi connectivity index (χ1) is 12.1. The molecule has 2 heterocycles. The second-order valence-corrected chi connectivity index (χ2v) is 6.18. The topological polar surface area (TPSA) is 97.6 Å². The molecular formula is C15H18N6O3S. The number of nitrogens with one attached hydrogen (secondary N) is 1. The molecule has 25 heavy (non-hydrogen) atoms. The van der Waals surface area contributed by atoms with Crippen molar-refractivity contribution >= 4 is 23.4 Å². The average Bonchev–Trinajstić information content (AvgIpc) is 3.23. The van der Waals surface area contributed by atoms with Crippen LogP contribution in [0, 0.1) is 0 Å². The molecule has 0 bridgehead atoms. The molecule has 2 aromatic heterocycles. The number of nitrogens with zero attached hydrogens (tertiary/aromatic N) is 5. The number of ether oxygens (including phenoxy) is 2. The highest BCUT2D eigenvalue weighted by Gasteiger charge is 2.14. The van der Waals surface area contributed by atoms with E-state index in [1.54, 1.807) is 30.7 Å². The van der Waals surface area contributed by atoms with Gasteiger partial charge in [-0.3, -0.25) is 9.89 Å². The third-order valence-electron chi connectivity index (χ3n) is 3.60. The Morgan fingerprint density at radius 2 is 2.08 bits per heavy atom. The van der Waals surface area contributed by atoms with Crippen LogP contribution in [-0.4, -0.2) is 62.6 Å². The highest BCUT2D eigenvalue weighted by Crippen LogP contribution is 2.28. The quantitative estimate of drug-likeness (QED) is 0.631. The van der Waals surface area contributed by atoms with Crippen molar-refractivity contribution in [3.8, 4) is 11.5 Å². The Bertz CT molecular complexity index is 877. The third-order valence-corrected chi connectivity index (χ3v) is 4.52. The summed E-state index contributed by atoms with van der Waals surface area (Å²) in [7, 11) is 4.93. The van der Waals surface area contributed by atoms with Crippen molar-refractivity contribution in [2.45, 2.75) is 11.7 Å². The van der Waals surface area contributed by atoms with Gasteiger partial charge in [-0.15, -0.1) is 10.2 Å². The van der Waals surface area contributed by atoms with Crippen LogP contribution in [0.1, 0.15) is 5.56 Å². The number of carbonyl (C=O) groups excluding carboxylic acids is 1. The predicted molar refractivity (Wildman–Crippen MR) is 91.9 cm³/mol. The molecule has 132 valence electrons. The van der Waals surface area contributed by atoms with Gasteiger partial charge in [-0.05, 0) is 17.7 Å². The van der Waals surface area contributed by atoms with Crippen LogP contribution in [0.15, 0.2) is 29.7 Å². The molecule has 3 rings (SSSR count). The zero-order valence-electron chi connectivity index (χ0n) is 14.1. The van der Waals surface area contributed by atoms with E-state index in [4.69, 9.17) is 9.47 Å². The van der Waals surface area contributed by atoms with Crippen LogP contribution >= 0.6 is 11.8 Å². The van der Waals surface area contributed by atoms with Gasteiger partial charge in [0.2, 0.25) is 11.1 Å². The number of aromatic amines is 1. The van der Waals surface area contributed by atoms with Gasteiger partial charge in [0.05, 0.1) is 20.0 Å². The van der Waals surface area contributed by atoms with Crippen molar-refractivity contribution in [2.75, 3.05) is 27.0 Å². The zero-order chi connectivity index (χ0) is 17.8. The fourth-order valence-electron chi connectivity index (χ4n) is 2.27. The predicted octanol–water partition coefficient (Wildman–Crippen LogP) is 1.22. The van der Waals surface area contributed by atoms with E-state index in [-0.39, 0.29) is 11.7 Å². The second kappa shape index (κ2) is 7.43. The SMILES string of the molecule is COc1ccc(CN(C)C(=O)CSc2nnc3nc[nH]n23)cc1OC. The Labute approximate surface area is 148 Å². The standard InChI is InChI=1S/C15H18N6O3S/c1-20(7-10-4-5-11(23-2)12(6-10)24-3)13(22)8-25-15-19-18-14-16-9-17-21(14)15/h4-6,9H,7-8H2,1-3H3,(H,16,17,18). The minimum Gasteiger partial charge on any atom is -0.493 e. The van der Waals surface area contributed by atoms with Gasteiger partial charge < -0.3 is 14.4 Å². The number of thioether (sulfide) groups is 1. The first-order valence-electron chi connectivity index (χ1n) is 7.44. The molecule has 0 aliphatic carbocycles. The molecule has 0 aliphatic rings. The molecule has 0 unspecified atom stereocenters. The van der Waals surface area contributed by atoms with Gasteiger partial charge in [0.15, 0.2) is 11.5 Å². The lowest BCUT2D eigenvalue weighted by atomic mass is 10.2. The van der Waals surface area contributed by atoms with E-state index in [1.807, 2.05) is 18.2 Å². The van der Waals surface area contributed by atoms with Crippen molar-refractivity contribution in [1.29, 1.82) is 0 Å². The molecule has 10 heteroatoms. The summed E-state index contributed by atoms with van der Waals surface area (Å²) in [5.41, 5.74) is 0.955. The van der Waals surface area contributed by atoms with E-state index in [0.29, 0.717) is 29.0 Å². The van der Waals surface area contributed by atoms with Crippen LogP contribution in [0.2, 0.25) is 0 Å². The number of amides is 1. The molecular weight excluding hydrogens is 344 g/mol. The number of hydrogen-bond acceptors (Lipinski definition) is 7. The van der Waals surface area contributed by atoms with Crippen LogP contribution in [-0.2, 0) is 11.3 Å². The van der Waals surface area contributed by atoms with Crippen molar-refractivity contribution in [1.82, 2.24) is 29.7 Å². The molecule has 1 amide bonds. The molecule has 0 spiro atoms. The summed E-state index contributed by atoms with van der Waals surface area (Å²) in [5.74, 6) is 2.01. The van der Waals surface area contributed by atoms with Crippen LogP contribution in [0.25, 0.3) is 5.78 Å². The van der Waals surface area contributed by atoms with Gasteiger partial charge in [0.25, 0.3) is 5.78 Å². The highest BCUT2D eigenvalue weighted by molar-refractivity contribution is 7.99. The first-order valence-corrected chi connectivity index (χ1v) is 8.43. The number of carbonyl (C=O) groups is 1. The van der Waals surface area contributed by atoms with Gasteiger partial charge in [-0.2, -0.15) is 9.50 Å². The Kier molecular flexibility index (Phi) is 5.08. The molecule has 0 saturated heterocycles. The highest BCUT2D eigenvalue weighted by atomic mass is 32.2. The van der Waals surface area contributed by atoms with Crippen LogP contribution < -0.4 is 9.47 Å². The van der Waals surface area contributed by atoms with Crippen LogP contribution in [0.5, 0.6) is 11.5 Å². The monoisotopic (exact) mass is 362 g/mol. The minimum absolute atomic E-state index is 0.0175. The van der Waals surface area contributed by atoms with E-state index >= 15 is 0 Å². The molecule has 0 atom stereocenters. The lowest BCUT2D eigenvalue weighted by Crippen LogP contribution is -2.27. The van der Waals surface area contributed by atoms with Gasteiger partial charge in [0, 0.05) is 13.6 Å². The Hall–Kier alpha value is -2.75.